The van der Waals surface area contributed by atoms with Gasteiger partial charge in [0.2, 0.25) is 0 Å². The van der Waals surface area contributed by atoms with Gasteiger partial charge in [-0.1, -0.05) is 42.2 Å². The van der Waals surface area contributed by atoms with E-state index < -0.39 is 24.1 Å². The number of hydrogen-bond acceptors (Lipinski definition) is 4. The number of amides is 3. The van der Waals surface area contributed by atoms with Crippen molar-refractivity contribution < 1.29 is 19.9 Å². The van der Waals surface area contributed by atoms with E-state index in [0.29, 0.717) is 13.0 Å². The molecule has 0 aromatic heterocycles. The molecule has 0 unspecified atom stereocenters. The van der Waals surface area contributed by atoms with Crippen molar-refractivity contribution in [2.45, 2.75) is 25.5 Å². The van der Waals surface area contributed by atoms with E-state index >= 15 is 0 Å². The van der Waals surface area contributed by atoms with Crippen LogP contribution in [-0.4, -0.2) is 40.9 Å². The van der Waals surface area contributed by atoms with E-state index in [1.807, 2.05) is 54.6 Å². The number of rotatable bonds is 6. The molecule has 0 aliphatic carbocycles. The number of hydrogen-bond donors (Lipinski definition) is 5. The maximum atomic E-state index is 11.9. The Hall–Kier alpha value is -3.34. The molecule has 0 bridgehead atoms. The van der Waals surface area contributed by atoms with E-state index in [1.165, 1.54) is 12.4 Å². The summed E-state index contributed by atoms with van der Waals surface area (Å²) in [7, 11) is 0. The van der Waals surface area contributed by atoms with Crippen LogP contribution in [0.3, 0.4) is 0 Å². The van der Waals surface area contributed by atoms with Crippen molar-refractivity contribution in [2.24, 2.45) is 0 Å². The molecule has 0 saturated carbocycles. The molecule has 2 rings (SSSR count). The molecule has 146 valence electrons. The van der Waals surface area contributed by atoms with Crippen LogP contribution in [0.15, 0.2) is 54.6 Å². The Balaban J connectivity index is 1.87. The molecule has 5 N–H and O–H groups in total. The molecule has 7 heteroatoms. The molecular formula is C21H23N3O4. The summed E-state index contributed by atoms with van der Waals surface area (Å²) in [6.45, 7) is 1.66. The summed E-state index contributed by atoms with van der Waals surface area (Å²) >= 11 is 0. The molecule has 0 aliphatic heterocycles. The molecular weight excluding hydrogens is 358 g/mol. The molecule has 0 saturated heterocycles. The van der Waals surface area contributed by atoms with E-state index in [0.717, 1.165) is 16.7 Å². The molecule has 0 spiro atoms. The van der Waals surface area contributed by atoms with Crippen molar-refractivity contribution in [3.8, 4) is 11.8 Å². The second-order valence-corrected chi connectivity index (χ2v) is 6.16. The zero-order valence-electron chi connectivity index (χ0n) is 15.5. The third-order valence-corrected chi connectivity index (χ3v) is 3.91. The molecule has 0 aliphatic rings. The van der Waals surface area contributed by atoms with Gasteiger partial charge in [-0.3, -0.25) is 10.0 Å². The highest BCUT2D eigenvalue weighted by Gasteiger charge is 2.25. The van der Waals surface area contributed by atoms with Crippen molar-refractivity contribution in [1.82, 2.24) is 16.1 Å². The number of carbonyl (C=O) groups excluding carboxylic acids is 2. The van der Waals surface area contributed by atoms with Gasteiger partial charge in [-0.05, 0) is 43.2 Å². The molecule has 2 aromatic rings. The van der Waals surface area contributed by atoms with Crippen molar-refractivity contribution in [2.75, 3.05) is 6.54 Å². The van der Waals surface area contributed by atoms with Crippen LogP contribution in [-0.2, 0) is 11.2 Å². The minimum atomic E-state index is -1.25. The number of aliphatic hydroxyl groups is 1. The number of hydroxylamine groups is 1. The third kappa shape index (κ3) is 6.76. The van der Waals surface area contributed by atoms with Gasteiger partial charge < -0.3 is 15.7 Å². The van der Waals surface area contributed by atoms with Gasteiger partial charge in [0, 0.05) is 17.7 Å². The Kier molecular flexibility index (Phi) is 8.03. The highest BCUT2D eigenvalue weighted by atomic mass is 16.5. The first-order valence-electron chi connectivity index (χ1n) is 8.82. The van der Waals surface area contributed by atoms with Crippen molar-refractivity contribution in [3.63, 3.8) is 0 Å². The van der Waals surface area contributed by atoms with Gasteiger partial charge in [0.25, 0.3) is 5.91 Å². The van der Waals surface area contributed by atoms with Crippen molar-refractivity contribution in [3.05, 3.63) is 71.3 Å². The summed E-state index contributed by atoms with van der Waals surface area (Å²) in [5.41, 5.74) is 4.22. The summed E-state index contributed by atoms with van der Waals surface area (Å²) in [5, 5.41) is 23.1. The lowest BCUT2D eigenvalue weighted by Gasteiger charge is -2.19. The molecule has 7 nitrogen and oxygen atoms in total. The first-order chi connectivity index (χ1) is 13.5. The fourth-order valence-corrected chi connectivity index (χ4v) is 2.46. The standard InChI is InChI=1S/C21H23N3O4/c1-15(25)19(20(26)24-28)23-21(27)22-13-12-18-9-5-8-17(14-18)11-10-16-6-3-2-4-7-16/h2-9,14-15,19,25,28H,12-13H2,1H3,(H,24,26)(H2,22,23,27)/t15-,19+/m1/s1. The highest BCUT2D eigenvalue weighted by Crippen LogP contribution is 2.05. The lowest BCUT2D eigenvalue weighted by molar-refractivity contribution is -0.133. The van der Waals surface area contributed by atoms with Crippen LogP contribution < -0.4 is 16.1 Å². The van der Waals surface area contributed by atoms with E-state index in [4.69, 9.17) is 5.21 Å². The zero-order valence-corrected chi connectivity index (χ0v) is 15.5. The van der Waals surface area contributed by atoms with Gasteiger partial charge >= 0.3 is 6.03 Å². The van der Waals surface area contributed by atoms with E-state index in [2.05, 4.69) is 22.5 Å². The molecule has 0 fully saturated rings. The smallest absolute Gasteiger partial charge is 0.315 e. The normalized spacial score (nSPS) is 12.1. The lowest BCUT2D eigenvalue weighted by Crippen LogP contribution is -2.54. The zero-order chi connectivity index (χ0) is 20.4. The predicted octanol–water partition coefficient (Wildman–Crippen LogP) is 1.18. The van der Waals surface area contributed by atoms with Gasteiger partial charge in [0.1, 0.15) is 6.04 Å². The molecule has 3 amide bonds. The van der Waals surface area contributed by atoms with Crippen LogP contribution in [0.1, 0.15) is 23.6 Å². The van der Waals surface area contributed by atoms with Gasteiger partial charge in [-0.15, -0.1) is 0 Å². The van der Waals surface area contributed by atoms with Crippen molar-refractivity contribution >= 4 is 11.9 Å². The Morgan fingerprint density at radius 1 is 1.04 bits per heavy atom. The average Bonchev–Trinajstić information content (AvgIpc) is 2.71. The SMILES string of the molecule is C[C@@H](O)[C@H](NC(=O)NCCc1cccc(C#Cc2ccccc2)c1)C(=O)NO. The van der Waals surface area contributed by atoms with Gasteiger partial charge in [0.05, 0.1) is 6.10 Å². The first-order valence-corrected chi connectivity index (χ1v) is 8.82. The fraction of sp³-hybridized carbons (Fsp3) is 0.238. The van der Waals surface area contributed by atoms with E-state index in [1.54, 1.807) is 0 Å². The molecule has 2 aromatic carbocycles. The van der Waals surface area contributed by atoms with Crippen LogP contribution in [0.25, 0.3) is 0 Å². The quantitative estimate of drug-likeness (QED) is 0.294. The Morgan fingerprint density at radius 2 is 1.71 bits per heavy atom. The van der Waals surface area contributed by atoms with E-state index in [9.17, 15) is 14.7 Å². The van der Waals surface area contributed by atoms with Crippen molar-refractivity contribution in [1.29, 1.82) is 0 Å². The van der Waals surface area contributed by atoms with Crippen LogP contribution in [0.5, 0.6) is 0 Å². The van der Waals surface area contributed by atoms with Crippen LogP contribution in [0.4, 0.5) is 4.79 Å². The second kappa shape index (κ2) is 10.7. The highest BCUT2D eigenvalue weighted by molar-refractivity contribution is 5.86. The molecule has 0 radical (unpaired) electrons. The van der Waals surface area contributed by atoms with Gasteiger partial charge in [-0.25, -0.2) is 10.3 Å². The Bertz CT molecular complexity index is 857. The minimum absolute atomic E-state index is 0.328. The van der Waals surface area contributed by atoms with Crippen LogP contribution >= 0.6 is 0 Å². The number of benzene rings is 2. The van der Waals surface area contributed by atoms with Gasteiger partial charge in [-0.2, -0.15) is 0 Å². The Morgan fingerprint density at radius 3 is 2.39 bits per heavy atom. The minimum Gasteiger partial charge on any atom is -0.391 e. The summed E-state index contributed by atoms with van der Waals surface area (Å²) < 4.78 is 0. The van der Waals surface area contributed by atoms with E-state index in [-0.39, 0.29) is 0 Å². The summed E-state index contributed by atoms with van der Waals surface area (Å²) in [4.78, 5) is 23.3. The summed E-state index contributed by atoms with van der Waals surface area (Å²) in [6, 6.07) is 15.5. The maximum Gasteiger partial charge on any atom is 0.315 e. The maximum absolute atomic E-state index is 11.9. The van der Waals surface area contributed by atoms with Crippen LogP contribution in [0.2, 0.25) is 0 Å². The second-order valence-electron chi connectivity index (χ2n) is 6.16. The average molecular weight is 381 g/mol. The lowest BCUT2D eigenvalue weighted by atomic mass is 10.1. The first kappa shape index (κ1) is 21.0. The van der Waals surface area contributed by atoms with Gasteiger partial charge in [0.15, 0.2) is 0 Å². The largest absolute Gasteiger partial charge is 0.391 e. The Labute approximate surface area is 163 Å². The molecule has 28 heavy (non-hydrogen) atoms. The number of nitrogens with one attached hydrogen (secondary N) is 3. The number of urea groups is 1. The third-order valence-electron chi connectivity index (χ3n) is 3.91. The molecule has 2 atom stereocenters. The number of aliphatic hydroxyl groups excluding tert-OH is 1. The summed E-state index contributed by atoms with van der Waals surface area (Å²) in [5.74, 6) is 5.32. The molecule has 0 heterocycles. The fourth-order valence-electron chi connectivity index (χ4n) is 2.46. The summed E-state index contributed by atoms with van der Waals surface area (Å²) in [6.07, 6.45) is -0.586. The number of carbonyl (C=O) groups is 2. The predicted molar refractivity (Wildman–Crippen MR) is 105 cm³/mol. The topological polar surface area (TPSA) is 111 Å². The monoisotopic (exact) mass is 381 g/mol. The van der Waals surface area contributed by atoms with Crippen LogP contribution in [0, 0.1) is 11.8 Å².